The van der Waals surface area contributed by atoms with E-state index < -0.39 is 5.60 Å². The highest BCUT2D eigenvalue weighted by Gasteiger charge is 2.44. The number of nitrogens with zero attached hydrogens (tertiary/aromatic N) is 1. The summed E-state index contributed by atoms with van der Waals surface area (Å²) in [6, 6.07) is 15.0. The van der Waals surface area contributed by atoms with E-state index in [1.54, 1.807) is 21.3 Å². The lowest BCUT2D eigenvalue weighted by molar-refractivity contribution is -0.171. The monoisotopic (exact) mass is 572 g/mol. The fourth-order valence-electron chi connectivity index (χ4n) is 5.52. The van der Waals surface area contributed by atoms with Gasteiger partial charge in [0.05, 0.1) is 45.3 Å². The molecule has 0 radical (unpaired) electrons. The predicted molar refractivity (Wildman–Crippen MR) is 159 cm³/mol. The predicted octanol–water partition coefficient (Wildman–Crippen LogP) is 3.91. The number of anilines is 1. The van der Waals surface area contributed by atoms with Crippen LogP contribution in [0.25, 0.3) is 0 Å². The largest absolute Gasteiger partial charge is 0.490 e. The van der Waals surface area contributed by atoms with Crippen LogP contribution < -0.4 is 15.0 Å². The van der Waals surface area contributed by atoms with Crippen LogP contribution in [0.15, 0.2) is 42.5 Å². The number of nitrogens with one attached hydrogen (secondary N) is 1. The third-order valence-corrected chi connectivity index (χ3v) is 7.73. The summed E-state index contributed by atoms with van der Waals surface area (Å²) in [6.45, 7) is 8.30. The molecule has 0 unspecified atom stereocenters. The molecule has 2 aromatic rings. The van der Waals surface area contributed by atoms with Gasteiger partial charge in [-0.1, -0.05) is 30.3 Å². The summed E-state index contributed by atoms with van der Waals surface area (Å²) < 4.78 is 40.8. The van der Waals surface area contributed by atoms with Gasteiger partial charge in [0.15, 0.2) is 0 Å². The Morgan fingerprint density at radius 2 is 1.66 bits per heavy atom. The Labute approximate surface area is 245 Å². The van der Waals surface area contributed by atoms with Gasteiger partial charge >= 0.3 is 0 Å². The summed E-state index contributed by atoms with van der Waals surface area (Å²) in [5, 5.41) is 3.53. The summed E-state index contributed by atoms with van der Waals surface area (Å²) >= 11 is 0. The van der Waals surface area contributed by atoms with Gasteiger partial charge in [-0.25, -0.2) is 0 Å². The maximum Gasteiger partial charge on any atom is 0.142 e. The second-order valence-electron chi connectivity index (χ2n) is 10.6. The van der Waals surface area contributed by atoms with Crippen LogP contribution in [0.5, 0.6) is 5.75 Å². The third kappa shape index (κ3) is 8.88. The normalized spacial score (nSPS) is 20.6. The highest BCUT2D eigenvalue weighted by atomic mass is 16.6. The van der Waals surface area contributed by atoms with Crippen molar-refractivity contribution < 1.29 is 33.2 Å². The molecule has 4 rings (SSSR count). The van der Waals surface area contributed by atoms with Gasteiger partial charge < -0.3 is 43.4 Å². The molecule has 9 heteroatoms. The van der Waals surface area contributed by atoms with E-state index in [9.17, 15) is 0 Å². The lowest BCUT2D eigenvalue weighted by atomic mass is 9.82. The summed E-state index contributed by atoms with van der Waals surface area (Å²) in [5.74, 6) is 0.930. The van der Waals surface area contributed by atoms with Gasteiger partial charge in [0.2, 0.25) is 0 Å². The number of hydrogen-bond acceptors (Lipinski definition) is 9. The van der Waals surface area contributed by atoms with Crippen molar-refractivity contribution >= 4 is 5.69 Å². The Morgan fingerprint density at radius 3 is 2.46 bits per heavy atom. The van der Waals surface area contributed by atoms with Crippen LogP contribution >= 0.6 is 0 Å². The lowest BCUT2D eigenvalue weighted by Crippen LogP contribution is -2.54. The molecule has 0 bridgehead atoms. The molecule has 2 aliphatic rings. The van der Waals surface area contributed by atoms with Gasteiger partial charge in [0.1, 0.15) is 24.1 Å². The van der Waals surface area contributed by atoms with Crippen molar-refractivity contribution in [2.45, 2.75) is 44.2 Å². The van der Waals surface area contributed by atoms with E-state index in [-0.39, 0.29) is 6.10 Å². The molecule has 0 aromatic heterocycles. The minimum absolute atomic E-state index is 0.160. The Bertz CT molecular complexity index is 1020. The van der Waals surface area contributed by atoms with Crippen LogP contribution in [-0.2, 0) is 47.2 Å². The lowest BCUT2D eigenvalue weighted by Gasteiger charge is -2.44. The molecule has 0 amide bonds. The Balaban J connectivity index is 1.49. The van der Waals surface area contributed by atoms with Crippen molar-refractivity contribution in [3.63, 3.8) is 0 Å². The molecule has 41 heavy (non-hydrogen) atoms. The summed E-state index contributed by atoms with van der Waals surface area (Å²) in [5.41, 5.74) is 3.94. The first-order valence-electron chi connectivity index (χ1n) is 14.8. The van der Waals surface area contributed by atoms with Crippen molar-refractivity contribution in [3.05, 3.63) is 59.2 Å². The first kappa shape index (κ1) is 31.7. The number of ether oxygens (including phenoxy) is 7. The second-order valence-corrected chi connectivity index (χ2v) is 10.6. The maximum atomic E-state index is 6.74. The average Bonchev–Trinajstić information content (AvgIpc) is 3.01. The highest BCUT2D eigenvalue weighted by molar-refractivity contribution is 5.61. The molecule has 2 atom stereocenters. The number of piperidine rings is 1. The summed E-state index contributed by atoms with van der Waals surface area (Å²) in [6.07, 6.45) is 2.46. The van der Waals surface area contributed by atoms with Crippen molar-refractivity contribution in [3.8, 4) is 5.75 Å². The van der Waals surface area contributed by atoms with Crippen LogP contribution in [-0.4, -0.2) is 93.3 Å². The Hall–Kier alpha value is -2.24. The molecule has 2 heterocycles. The number of fused-ring (bicyclic) bond motifs is 1. The van der Waals surface area contributed by atoms with Crippen LogP contribution in [0, 0.1) is 0 Å². The van der Waals surface area contributed by atoms with E-state index >= 15 is 0 Å². The van der Waals surface area contributed by atoms with Crippen LogP contribution in [0.4, 0.5) is 5.69 Å². The number of rotatable bonds is 18. The van der Waals surface area contributed by atoms with Crippen molar-refractivity contribution in [2.24, 2.45) is 0 Å². The van der Waals surface area contributed by atoms with Gasteiger partial charge in [-0.05, 0) is 54.6 Å². The molecule has 2 aromatic carbocycles. The standard InChI is InChI=1S/C32H48N2O7/c1-35-16-4-14-34-15-19-39-30-11-8-27(22-29(30)34)25-40-31-23-33-13-12-32(31,41-18-5-17-36-2)28-9-6-26(7-10-28)24-38-21-20-37-3/h6-11,22,31,33H,4-5,12-21,23-25H2,1-3H3/t31-,32-/m0/s1. The molecular formula is C32H48N2O7. The number of methoxy groups -OCH3 is 3. The van der Waals surface area contributed by atoms with Gasteiger partial charge in [0, 0.05) is 47.6 Å². The van der Waals surface area contributed by atoms with E-state index in [1.807, 2.05) is 0 Å². The molecule has 228 valence electrons. The molecule has 1 N–H and O–H groups in total. The molecular weight excluding hydrogens is 524 g/mol. The molecule has 0 saturated carbocycles. The fourth-order valence-corrected chi connectivity index (χ4v) is 5.52. The smallest absolute Gasteiger partial charge is 0.142 e. The van der Waals surface area contributed by atoms with E-state index in [0.717, 1.165) is 73.6 Å². The number of hydrogen-bond donors (Lipinski definition) is 1. The molecule has 1 fully saturated rings. The zero-order valence-electron chi connectivity index (χ0n) is 25.0. The molecule has 0 spiro atoms. The Kier molecular flexibility index (Phi) is 13.2. The van der Waals surface area contributed by atoms with Crippen molar-refractivity contribution in [1.82, 2.24) is 5.32 Å². The first-order valence-corrected chi connectivity index (χ1v) is 14.8. The molecule has 0 aliphatic carbocycles. The topological polar surface area (TPSA) is 79.9 Å². The minimum atomic E-state index is -0.558. The van der Waals surface area contributed by atoms with Crippen molar-refractivity contribution in [1.29, 1.82) is 0 Å². The molecule has 9 nitrogen and oxygen atoms in total. The maximum absolute atomic E-state index is 6.74. The fraction of sp³-hybridized carbons (Fsp3) is 0.625. The quantitative estimate of drug-likeness (QED) is 0.268. The van der Waals surface area contributed by atoms with Crippen LogP contribution in [0.3, 0.4) is 0 Å². The van der Waals surface area contributed by atoms with E-state index in [0.29, 0.717) is 52.8 Å². The SMILES string of the molecule is COCCCO[C@]1(c2ccc(COCCOC)cc2)CCNC[C@@H]1OCc1ccc2c(c1)N(CCCOC)CCO2. The molecule has 1 saturated heterocycles. The zero-order chi connectivity index (χ0) is 28.8. The van der Waals surface area contributed by atoms with Crippen molar-refractivity contribution in [2.75, 3.05) is 92.0 Å². The van der Waals surface area contributed by atoms with Crippen LogP contribution in [0.2, 0.25) is 0 Å². The zero-order valence-corrected chi connectivity index (χ0v) is 25.0. The highest BCUT2D eigenvalue weighted by Crippen LogP contribution is 2.38. The van der Waals surface area contributed by atoms with Gasteiger partial charge in [0.25, 0.3) is 0 Å². The van der Waals surface area contributed by atoms with E-state index in [4.69, 9.17) is 33.2 Å². The summed E-state index contributed by atoms with van der Waals surface area (Å²) in [7, 11) is 5.15. The third-order valence-electron chi connectivity index (χ3n) is 7.73. The first-order chi connectivity index (χ1) is 20.2. The number of benzene rings is 2. The van der Waals surface area contributed by atoms with Crippen LogP contribution in [0.1, 0.15) is 36.0 Å². The van der Waals surface area contributed by atoms with E-state index in [2.05, 4.69) is 52.7 Å². The average molecular weight is 573 g/mol. The van der Waals surface area contributed by atoms with Gasteiger partial charge in [-0.15, -0.1) is 0 Å². The Morgan fingerprint density at radius 1 is 0.878 bits per heavy atom. The summed E-state index contributed by atoms with van der Waals surface area (Å²) in [4.78, 5) is 2.38. The van der Waals surface area contributed by atoms with Gasteiger partial charge in [-0.3, -0.25) is 0 Å². The molecule has 2 aliphatic heterocycles. The minimum Gasteiger partial charge on any atom is -0.490 e. The van der Waals surface area contributed by atoms with E-state index in [1.165, 1.54) is 0 Å². The second kappa shape index (κ2) is 17.0. The van der Waals surface area contributed by atoms with Gasteiger partial charge in [-0.2, -0.15) is 0 Å².